The zero-order valence-electron chi connectivity index (χ0n) is 15.9. The molecule has 0 bridgehead atoms. The zero-order chi connectivity index (χ0) is 17.8. The molecule has 1 unspecified atom stereocenters. The summed E-state index contributed by atoms with van der Waals surface area (Å²) >= 11 is 0. The minimum atomic E-state index is 0.0329. The monoisotopic (exact) mass is 348 g/mol. The van der Waals surface area contributed by atoms with Gasteiger partial charge in [0.1, 0.15) is 0 Å². The molecule has 1 aromatic rings. The minimum absolute atomic E-state index is 0.0329. The molecule has 3 heterocycles. The largest absolute Gasteiger partial charge is 0.381 e. The van der Waals surface area contributed by atoms with Crippen molar-refractivity contribution in [3.05, 3.63) is 17.5 Å². The number of piperidine rings is 1. The Kier molecular flexibility index (Phi) is 6.12. The van der Waals surface area contributed by atoms with E-state index in [9.17, 15) is 4.79 Å². The second-order valence-corrected chi connectivity index (χ2v) is 7.81. The van der Waals surface area contributed by atoms with Gasteiger partial charge in [-0.1, -0.05) is 0 Å². The molecule has 140 valence electrons. The topological polar surface area (TPSA) is 50.6 Å². The third kappa shape index (κ3) is 4.82. The molecule has 0 aliphatic carbocycles. The number of hydrogen-bond acceptors (Lipinski definition) is 4. The standard InChI is InChI=1S/C19H32N4O2/c1-15-11-18(20-22(15)3)19(24)21(2)12-16-6-8-23(9-7-16)13-17-5-4-10-25-14-17/h11,16-17H,4-10,12-14H2,1-3H3. The van der Waals surface area contributed by atoms with E-state index in [0.717, 1.165) is 38.5 Å². The van der Waals surface area contributed by atoms with Crippen molar-refractivity contribution in [3.63, 3.8) is 0 Å². The lowest BCUT2D eigenvalue weighted by atomic mass is 9.94. The Bertz CT molecular complexity index is 552. The van der Waals surface area contributed by atoms with Crippen LogP contribution in [0.2, 0.25) is 0 Å². The maximum atomic E-state index is 12.5. The highest BCUT2D eigenvalue weighted by Crippen LogP contribution is 2.22. The van der Waals surface area contributed by atoms with Crippen molar-refractivity contribution in [2.75, 3.05) is 46.4 Å². The highest BCUT2D eigenvalue weighted by molar-refractivity contribution is 5.92. The van der Waals surface area contributed by atoms with Crippen LogP contribution in [0.3, 0.4) is 0 Å². The van der Waals surface area contributed by atoms with Gasteiger partial charge >= 0.3 is 0 Å². The van der Waals surface area contributed by atoms with Crippen molar-refractivity contribution in [3.8, 4) is 0 Å². The minimum Gasteiger partial charge on any atom is -0.381 e. The van der Waals surface area contributed by atoms with Crippen LogP contribution in [-0.4, -0.2) is 71.9 Å². The molecular formula is C19H32N4O2. The normalized spacial score (nSPS) is 22.9. The third-order valence-electron chi connectivity index (χ3n) is 5.69. The Balaban J connectivity index is 1.42. The van der Waals surface area contributed by atoms with Crippen LogP contribution < -0.4 is 0 Å². The summed E-state index contributed by atoms with van der Waals surface area (Å²) in [6.07, 6.45) is 4.86. The molecule has 3 rings (SSSR count). The van der Waals surface area contributed by atoms with E-state index >= 15 is 0 Å². The first-order valence-corrected chi connectivity index (χ1v) is 9.59. The molecule has 1 aromatic heterocycles. The van der Waals surface area contributed by atoms with Gasteiger partial charge in [-0.25, -0.2) is 0 Å². The molecule has 0 saturated carbocycles. The smallest absolute Gasteiger partial charge is 0.274 e. The number of aryl methyl sites for hydroxylation is 2. The predicted octanol–water partition coefficient (Wildman–Crippen LogP) is 1.94. The summed E-state index contributed by atoms with van der Waals surface area (Å²) in [5.41, 5.74) is 1.56. The van der Waals surface area contributed by atoms with E-state index in [1.165, 1.54) is 32.2 Å². The fraction of sp³-hybridized carbons (Fsp3) is 0.789. The number of hydrogen-bond donors (Lipinski definition) is 0. The number of carbonyl (C=O) groups excluding carboxylic acids is 1. The van der Waals surface area contributed by atoms with Gasteiger partial charge in [-0.15, -0.1) is 0 Å². The van der Waals surface area contributed by atoms with Gasteiger partial charge in [-0.2, -0.15) is 5.10 Å². The number of amides is 1. The van der Waals surface area contributed by atoms with E-state index in [0.29, 0.717) is 17.5 Å². The molecule has 0 radical (unpaired) electrons. The molecule has 1 atom stereocenters. The van der Waals surface area contributed by atoms with Crippen molar-refractivity contribution >= 4 is 5.91 Å². The fourth-order valence-corrected chi connectivity index (χ4v) is 4.00. The summed E-state index contributed by atoms with van der Waals surface area (Å²) in [5.74, 6) is 1.34. The zero-order valence-corrected chi connectivity index (χ0v) is 15.9. The van der Waals surface area contributed by atoms with Crippen LogP contribution in [0.5, 0.6) is 0 Å². The van der Waals surface area contributed by atoms with Crippen molar-refractivity contribution < 1.29 is 9.53 Å². The van der Waals surface area contributed by atoms with E-state index < -0.39 is 0 Å². The lowest BCUT2D eigenvalue weighted by Crippen LogP contribution is -2.42. The summed E-state index contributed by atoms with van der Waals surface area (Å²) in [6, 6.07) is 1.87. The Morgan fingerprint density at radius 3 is 2.68 bits per heavy atom. The Hall–Kier alpha value is -1.40. The molecule has 0 aromatic carbocycles. The molecule has 0 spiro atoms. The number of likely N-dealkylation sites (tertiary alicyclic amines) is 1. The molecule has 0 N–H and O–H groups in total. The maximum absolute atomic E-state index is 12.5. The summed E-state index contributed by atoms with van der Waals surface area (Å²) < 4.78 is 7.36. The van der Waals surface area contributed by atoms with Gasteiger partial charge in [0.2, 0.25) is 0 Å². The van der Waals surface area contributed by atoms with Crippen LogP contribution in [0.4, 0.5) is 0 Å². The lowest BCUT2D eigenvalue weighted by Gasteiger charge is -2.36. The highest BCUT2D eigenvalue weighted by Gasteiger charge is 2.25. The van der Waals surface area contributed by atoms with Gasteiger partial charge in [0.05, 0.1) is 6.61 Å². The number of aromatic nitrogens is 2. The maximum Gasteiger partial charge on any atom is 0.274 e. The van der Waals surface area contributed by atoms with Crippen LogP contribution in [0.15, 0.2) is 6.07 Å². The highest BCUT2D eigenvalue weighted by atomic mass is 16.5. The lowest BCUT2D eigenvalue weighted by molar-refractivity contribution is 0.0312. The molecule has 1 amide bonds. The van der Waals surface area contributed by atoms with Crippen LogP contribution in [0.25, 0.3) is 0 Å². The van der Waals surface area contributed by atoms with Gasteiger partial charge in [0.25, 0.3) is 5.91 Å². The number of carbonyl (C=O) groups is 1. The predicted molar refractivity (Wildman–Crippen MR) is 97.6 cm³/mol. The molecule has 2 aliphatic heterocycles. The van der Waals surface area contributed by atoms with Crippen molar-refractivity contribution in [2.24, 2.45) is 18.9 Å². The second-order valence-electron chi connectivity index (χ2n) is 7.81. The Morgan fingerprint density at radius 1 is 1.32 bits per heavy atom. The second kappa shape index (κ2) is 8.32. The molecule has 2 saturated heterocycles. The van der Waals surface area contributed by atoms with Crippen LogP contribution in [0.1, 0.15) is 41.9 Å². The molecule has 2 fully saturated rings. The Morgan fingerprint density at radius 2 is 2.08 bits per heavy atom. The number of nitrogens with zero attached hydrogens (tertiary/aromatic N) is 4. The van der Waals surface area contributed by atoms with Gasteiger partial charge in [-0.05, 0) is 63.6 Å². The summed E-state index contributed by atoms with van der Waals surface area (Å²) in [5, 5.41) is 4.31. The Labute approximate surface area is 151 Å². The van der Waals surface area contributed by atoms with Crippen LogP contribution >= 0.6 is 0 Å². The van der Waals surface area contributed by atoms with Gasteiger partial charge in [0.15, 0.2) is 5.69 Å². The third-order valence-corrected chi connectivity index (χ3v) is 5.69. The molecule has 6 heteroatoms. The van der Waals surface area contributed by atoms with E-state index in [2.05, 4.69) is 10.00 Å². The van der Waals surface area contributed by atoms with E-state index in [1.54, 1.807) is 4.68 Å². The first kappa shape index (κ1) is 18.4. The summed E-state index contributed by atoms with van der Waals surface area (Å²) in [4.78, 5) is 17.0. The van der Waals surface area contributed by atoms with Gasteiger partial charge in [0, 0.05) is 39.5 Å². The molecule has 2 aliphatic rings. The van der Waals surface area contributed by atoms with Crippen molar-refractivity contribution in [1.82, 2.24) is 19.6 Å². The van der Waals surface area contributed by atoms with Gasteiger partial charge < -0.3 is 14.5 Å². The van der Waals surface area contributed by atoms with E-state index in [4.69, 9.17) is 4.74 Å². The average molecular weight is 348 g/mol. The summed E-state index contributed by atoms with van der Waals surface area (Å²) in [6.45, 7) is 8.13. The molecular weight excluding hydrogens is 316 g/mol. The van der Waals surface area contributed by atoms with E-state index in [1.807, 2.05) is 32.0 Å². The SMILES string of the molecule is Cc1cc(C(=O)N(C)CC2CCN(CC3CCCOC3)CC2)nn1C. The van der Waals surface area contributed by atoms with Crippen LogP contribution in [-0.2, 0) is 11.8 Å². The average Bonchev–Trinajstić information content (AvgIpc) is 2.96. The first-order valence-electron chi connectivity index (χ1n) is 9.59. The number of rotatable bonds is 5. The molecule has 25 heavy (non-hydrogen) atoms. The summed E-state index contributed by atoms with van der Waals surface area (Å²) in [7, 11) is 3.78. The van der Waals surface area contributed by atoms with Crippen LogP contribution in [0, 0.1) is 18.8 Å². The first-order chi connectivity index (χ1) is 12.0. The molecule has 6 nitrogen and oxygen atoms in total. The fourth-order valence-electron chi connectivity index (χ4n) is 4.00. The van der Waals surface area contributed by atoms with E-state index in [-0.39, 0.29) is 5.91 Å². The number of ether oxygens (including phenoxy) is 1. The van der Waals surface area contributed by atoms with Crippen molar-refractivity contribution in [1.29, 1.82) is 0 Å². The quantitative estimate of drug-likeness (QED) is 0.816. The van der Waals surface area contributed by atoms with Gasteiger partial charge in [-0.3, -0.25) is 9.48 Å². The van der Waals surface area contributed by atoms with Crippen molar-refractivity contribution in [2.45, 2.75) is 32.6 Å².